The van der Waals surface area contributed by atoms with Gasteiger partial charge in [0.2, 0.25) is 0 Å². The smallest absolute Gasteiger partial charge is 0.406 e. The Morgan fingerprint density at radius 3 is 2.57 bits per heavy atom. The number of alkyl carbamates (subject to hydrolysis) is 1. The standard InChI is InChI=1S/C37H48ClN3O5/c1-4-27-10-6-11-30(24-27)34-32(13-7-14-33(34)38)37(44,19-9-20-40-36(43)45-3)31-12-8-22-41(26-31)35(42)29-17-15-28(16-18-29)25-39-21-23-46-5-2/h6-7,10-11,13-18,24,31,39,44H,4-5,8-9,12,19-23,25-26H2,1-3H3,(H,40,43)/t31-,37+/m1/s1. The number of halogens is 1. The summed E-state index contributed by atoms with van der Waals surface area (Å²) in [6, 6.07) is 21.7. The lowest BCUT2D eigenvalue weighted by atomic mass is 9.72. The van der Waals surface area contributed by atoms with Gasteiger partial charge in [0.25, 0.3) is 5.91 Å². The minimum Gasteiger partial charge on any atom is -0.453 e. The molecule has 4 rings (SSSR count). The van der Waals surface area contributed by atoms with Gasteiger partial charge in [0.1, 0.15) is 0 Å². The van der Waals surface area contributed by atoms with Gasteiger partial charge in [-0.2, -0.15) is 0 Å². The van der Waals surface area contributed by atoms with E-state index in [1.165, 1.54) is 12.7 Å². The number of aryl methyl sites for hydroxylation is 1. The summed E-state index contributed by atoms with van der Waals surface area (Å²) in [7, 11) is 1.33. The number of hydrogen-bond donors (Lipinski definition) is 3. The molecule has 2 amide bonds. The highest BCUT2D eigenvalue weighted by Crippen LogP contribution is 2.45. The number of methoxy groups -OCH3 is 1. The number of piperidine rings is 1. The number of carbonyl (C=O) groups excluding carboxylic acids is 2. The summed E-state index contributed by atoms with van der Waals surface area (Å²) in [6.45, 7) is 8.30. The Labute approximate surface area is 278 Å². The first-order valence-corrected chi connectivity index (χ1v) is 16.8. The topological polar surface area (TPSA) is 100 Å². The fourth-order valence-corrected chi connectivity index (χ4v) is 6.61. The van der Waals surface area contributed by atoms with Crippen LogP contribution in [0.25, 0.3) is 11.1 Å². The number of rotatable bonds is 15. The molecule has 3 aromatic carbocycles. The normalized spacial score (nSPS) is 16.1. The van der Waals surface area contributed by atoms with Crippen LogP contribution in [0.15, 0.2) is 66.7 Å². The lowest BCUT2D eigenvalue weighted by molar-refractivity contribution is -0.0563. The van der Waals surface area contributed by atoms with E-state index in [2.05, 4.69) is 29.7 Å². The van der Waals surface area contributed by atoms with Crippen molar-refractivity contribution >= 4 is 23.6 Å². The zero-order chi connectivity index (χ0) is 32.9. The molecular weight excluding hydrogens is 602 g/mol. The SMILES string of the molecule is CCOCCNCc1ccc(C(=O)N2CCC[C@@H]([C@@](O)(CCCNC(=O)OC)c3cccc(Cl)c3-c3cccc(CC)c3)C2)cc1. The summed E-state index contributed by atoms with van der Waals surface area (Å²) in [5, 5.41) is 19.5. The molecule has 1 fully saturated rings. The molecule has 0 saturated carbocycles. The van der Waals surface area contributed by atoms with E-state index in [9.17, 15) is 14.7 Å². The lowest BCUT2D eigenvalue weighted by Crippen LogP contribution is -2.48. The van der Waals surface area contributed by atoms with Crippen LogP contribution in [0.2, 0.25) is 5.02 Å². The molecule has 0 radical (unpaired) electrons. The zero-order valence-electron chi connectivity index (χ0n) is 27.3. The molecule has 0 aliphatic carbocycles. The third-order valence-corrected chi connectivity index (χ3v) is 9.15. The molecule has 2 atom stereocenters. The Hall–Kier alpha value is -3.43. The maximum absolute atomic E-state index is 13.8. The maximum atomic E-state index is 13.8. The van der Waals surface area contributed by atoms with E-state index < -0.39 is 11.7 Å². The molecule has 1 saturated heterocycles. The van der Waals surface area contributed by atoms with Crippen molar-refractivity contribution in [2.75, 3.05) is 46.5 Å². The molecule has 0 bridgehead atoms. The van der Waals surface area contributed by atoms with Gasteiger partial charge in [-0.25, -0.2) is 4.79 Å². The summed E-state index contributed by atoms with van der Waals surface area (Å²) in [5.41, 5.74) is 4.09. The minimum atomic E-state index is -1.31. The van der Waals surface area contributed by atoms with E-state index in [1.54, 1.807) is 0 Å². The van der Waals surface area contributed by atoms with Gasteiger partial charge in [0, 0.05) is 61.4 Å². The minimum absolute atomic E-state index is 0.0442. The highest BCUT2D eigenvalue weighted by atomic mass is 35.5. The second-order valence-corrected chi connectivity index (χ2v) is 12.2. The van der Waals surface area contributed by atoms with Gasteiger partial charge in [0.15, 0.2) is 0 Å². The number of nitrogens with one attached hydrogen (secondary N) is 2. The molecule has 3 aromatic rings. The van der Waals surface area contributed by atoms with Gasteiger partial charge in [-0.1, -0.05) is 67.1 Å². The Kier molecular flexibility index (Phi) is 13.5. The third-order valence-electron chi connectivity index (χ3n) is 8.83. The molecule has 0 aromatic heterocycles. The number of amides is 2. The third kappa shape index (κ3) is 9.10. The van der Waals surface area contributed by atoms with Crippen molar-refractivity contribution in [1.82, 2.24) is 15.5 Å². The molecule has 46 heavy (non-hydrogen) atoms. The number of likely N-dealkylation sites (tertiary alicyclic amines) is 1. The number of aliphatic hydroxyl groups is 1. The van der Waals surface area contributed by atoms with Crippen LogP contribution in [0.3, 0.4) is 0 Å². The number of ether oxygens (including phenoxy) is 2. The van der Waals surface area contributed by atoms with Gasteiger partial charge in [-0.3, -0.25) is 4.79 Å². The van der Waals surface area contributed by atoms with E-state index >= 15 is 0 Å². The molecule has 9 heteroatoms. The molecule has 8 nitrogen and oxygen atoms in total. The van der Waals surface area contributed by atoms with E-state index in [1.807, 2.05) is 66.4 Å². The first-order valence-electron chi connectivity index (χ1n) is 16.4. The maximum Gasteiger partial charge on any atom is 0.406 e. The number of nitrogens with zero attached hydrogens (tertiary/aromatic N) is 1. The van der Waals surface area contributed by atoms with Gasteiger partial charge in [0.05, 0.1) is 19.3 Å². The molecule has 248 valence electrons. The summed E-state index contributed by atoms with van der Waals surface area (Å²) in [5.74, 6) is -0.291. The van der Waals surface area contributed by atoms with Crippen molar-refractivity contribution in [3.63, 3.8) is 0 Å². The zero-order valence-corrected chi connectivity index (χ0v) is 28.1. The second-order valence-electron chi connectivity index (χ2n) is 11.8. The molecule has 1 aliphatic heterocycles. The van der Waals surface area contributed by atoms with Crippen LogP contribution in [0.1, 0.15) is 66.6 Å². The quantitative estimate of drug-likeness (QED) is 0.161. The van der Waals surface area contributed by atoms with Crippen LogP contribution in [-0.2, 0) is 28.0 Å². The van der Waals surface area contributed by atoms with Gasteiger partial charge in [-0.15, -0.1) is 0 Å². The predicted molar refractivity (Wildman–Crippen MR) is 183 cm³/mol. The Morgan fingerprint density at radius 2 is 1.83 bits per heavy atom. The second kappa shape index (κ2) is 17.5. The summed E-state index contributed by atoms with van der Waals surface area (Å²) in [6.07, 6.45) is 2.76. The number of carbonyl (C=O) groups is 2. The summed E-state index contributed by atoms with van der Waals surface area (Å²) < 4.78 is 10.1. The Balaban J connectivity index is 1.59. The summed E-state index contributed by atoms with van der Waals surface area (Å²) >= 11 is 6.89. The van der Waals surface area contributed by atoms with E-state index in [0.29, 0.717) is 62.8 Å². The highest BCUT2D eigenvalue weighted by Gasteiger charge is 2.43. The van der Waals surface area contributed by atoms with Crippen LogP contribution in [-0.4, -0.2) is 68.5 Å². The van der Waals surface area contributed by atoms with Crippen molar-refractivity contribution in [2.24, 2.45) is 5.92 Å². The number of benzene rings is 3. The molecule has 1 aliphatic rings. The molecule has 0 unspecified atom stereocenters. The largest absolute Gasteiger partial charge is 0.453 e. The number of hydrogen-bond acceptors (Lipinski definition) is 6. The van der Waals surface area contributed by atoms with Crippen molar-refractivity contribution in [3.8, 4) is 11.1 Å². The molecule has 0 spiro atoms. The summed E-state index contributed by atoms with van der Waals surface area (Å²) in [4.78, 5) is 27.4. The molecule has 1 heterocycles. The van der Waals surface area contributed by atoms with Crippen LogP contribution >= 0.6 is 11.6 Å². The fraction of sp³-hybridized carbons (Fsp3) is 0.459. The molecule has 3 N–H and O–H groups in total. The van der Waals surface area contributed by atoms with Gasteiger partial charge >= 0.3 is 6.09 Å². The Bertz CT molecular complexity index is 1430. The first kappa shape index (κ1) is 35.4. The van der Waals surface area contributed by atoms with E-state index in [-0.39, 0.29) is 11.8 Å². The molecular formula is C37H48ClN3O5. The monoisotopic (exact) mass is 649 g/mol. The Morgan fingerprint density at radius 1 is 1.04 bits per heavy atom. The average molecular weight is 650 g/mol. The lowest BCUT2D eigenvalue weighted by Gasteiger charge is -2.44. The van der Waals surface area contributed by atoms with E-state index in [4.69, 9.17) is 21.1 Å². The van der Waals surface area contributed by atoms with E-state index in [0.717, 1.165) is 48.1 Å². The van der Waals surface area contributed by atoms with Crippen molar-refractivity contribution in [1.29, 1.82) is 0 Å². The van der Waals surface area contributed by atoms with Crippen LogP contribution in [0.4, 0.5) is 4.79 Å². The predicted octanol–water partition coefficient (Wildman–Crippen LogP) is 6.57. The van der Waals surface area contributed by atoms with Crippen LogP contribution < -0.4 is 10.6 Å². The van der Waals surface area contributed by atoms with Gasteiger partial charge in [-0.05, 0) is 79.5 Å². The fourth-order valence-electron chi connectivity index (χ4n) is 6.32. The first-order chi connectivity index (χ1) is 22.3. The van der Waals surface area contributed by atoms with Crippen LogP contribution in [0.5, 0.6) is 0 Å². The van der Waals surface area contributed by atoms with Crippen molar-refractivity contribution < 1.29 is 24.2 Å². The highest BCUT2D eigenvalue weighted by molar-refractivity contribution is 6.33. The van der Waals surface area contributed by atoms with Crippen molar-refractivity contribution in [3.05, 3.63) is 94.0 Å². The van der Waals surface area contributed by atoms with Gasteiger partial charge < -0.3 is 30.1 Å². The van der Waals surface area contributed by atoms with Crippen LogP contribution in [0, 0.1) is 5.92 Å². The average Bonchev–Trinajstić information content (AvgIpc) is 3.09. The van der Waals surface area contributed by atoms with Crippen molar-refractivity contribution in [2.45, 2.75) is 58.1 Å².